The van der Waals surface area contributed by atoms with E-state index < -0.39 is 0 Å². The van der Waals surface area contributed by atoms with Crippen molar-refractivity contribution in [1.29, 1.82) is 0 Å². The zero-order valence-corrected chi connectivity index (χ0v) is 16.6. The van der Waals surface area contributed by atoms with E-state index in [9.17, 15) is 9.18 Å². The van der Waals surface area contributed by atoms with Gasteiger partial charge in [-0.3, -0.25) is 9.69 Å². The Bertz CT molecular complexity index is 1190. The molecule has 4 aromatic rings. The molecular weight excluding hydrogens is 397 g/mol. The van der Waals surface area contributed by atoms with E-state index in [1.54, 1.807) is 12.1 Å². The highest BCUT2D eigenvalue weighted by Gasteiger charge is 2.12. The molecule has 0 radical (unpaired) electrons. The van der Waals surface area contributed by atoms with Crippen LogP contribution >= 0.6 is 22.9 Å². The summed E-state index contributed by atoms with van der Waals surface area (Å²) in [7, 11) is 1.95. The maximum Gasteiger partial charge on any atom is 0.268 e. The van der Waals surface area contributed by atoms with Crippen molar-refractivity contribution in [1.82, 2.24) is 14.9 Å². The summed E-state index contributed by atoms with van der Waals surface area (Å²) < 4.78 is 13.7. The molecule has 0 aliphatic carbocycles. The number of aromatic nitrogens is 2. The number of H-pyrrole nitrogens is 1. The van der Waals surface area contributed by atoms with Gasteiger partial charge >= 0.3 is 0 Å². The first-order chi connectivity index (χ1) is 13.5. The Kier molecular flexibility index (Phi) is 5.26. The first kappa shape index (κ1) is 18.8. The second-order valence-corrected chi connectivity index (χ2v) is 8.07. The van der Waals surface area contributed by atoms with Crippen LogP contribution in [0.3, 0.4) is 0 Å². The molecule has 0 atom stereocenters. The standard InChI is InChI=1S/C21H17ClFN3OS/c1-26(11-14-4-2-3-5-16(14)22)12-19-24-17-10-18(28-20(17)21(27)25-19)13-6-8-15(23)9-7-13/h2-10H,11-12H2,1H3,(H,24,25,27). The molecule has 142 valence electrons. The van der Waals surface area contributed by atoms with Gasteiger partial charge in [0.15, 0.2) is 0 Å². The van der Waals surface area contributed by atoms with Crippen LogP contribution in [0.4, 0.5) is 4.39 Å². The lowest BCUT2D eigenvalue weighted by molar-refractivity contribution is 0.311. The minimum Gasteiger partial charge on any atom is -0.308 e. The highest BCUT2D eigenvalue weighted by Crippen LogP contribution is 2.31. The van der Waals surface area contributed by atoms with Gasteiger partial charge in [-0.2, -0.15) is 0 Å². The number of nitrogens with zero attached hydrogens (tertiary/aromatic N) is 2. The van der Waals surface area contributed by atoms with Crippen molar-refractivity contribution in [3.05, 3.63) is 87.2 Å². The normalized spacial score (nSPS) is 11.4. The van der Waals surface area contributed by atoms with E-state index in [1.165, 1.54) is 23.5 Å². The predicted molar refractivity (Wildman–Crippen MR) is 112 cm³/mol. The molecule has 0 saturated heterocycles. The highest BCUT2D eigenvalue weighted by molar-refractivity contribution is 7.22. The van der Waals surface area contributed by atoms with Crippen molar-refractivity contribution in [2.45, 2.75) is 13.1 Å². The van der Waals surface area contributed by atoms with Gasteiger partial charge in [-0.05, 0) is 42.4 Å². The lowest BCUT2D eigenvalue weighted by Crippen LogP contribution is -2.21. The number of benzene rings is 2. The maximum atomic E-state index is 13.1. The third-order valence-electron chi connectivity index (χ3n) is 4.38. The third kappa shape index (κ3) is 3.99. The molecule has 2 heterocycles. The summed E-state index contributed by atoms with van der Waals surface area (Å²) in [4.78, 5) is 22.9. The van der Waals surface area contributed by atoms with Crippen molar-refractivity contribution >= 4 is 33.2 Å². The Hall–Kier alpha value is -2.54. The van der Waals surface area contributed by atoms with Crippen LogP contribution in [0.15, 0.2) is 59.4 Å². The van der Waals surface area contributed by atoms with E-state index in [0.717, 1.165) is 16.0 Å². The molecule has 28 heavy (non-hydrogen) atoms. The van der Waals surface area contributed by atoms with E-state index >= 15 is 0 Å². The van der Waals surface area contributed by atoms with Gasteiger partial charge in [0.2, 0.25) is 0 Å². The highest BCUT2D eigenvalue weighted by atomic mass is 35.5. The fraction of sp³-hybridized carbons (Fsp3) is 0.143. The van der Waals surface area contributed by atoms with Crippen LogP contribution in [0.25, 0.3) is 20.7 Å². The van der Waals surface area contributed by atoms with Crippen LogP contribution < -0.4 is 5.56 Å². The largest absolute Gasteiger partial charge is 0.308 e. The smallest absolute Gasteiger partial charge is 0.268 e. The molecule has 0 aliphatic rings. The lowest BCUT2D eigenvalue weighted by Gasteiger charge is -2.16. The molecule has 2 aromatic carbocycles. The summed E-state index contributed by atoms with van der Waals surface area (Å²) in [5, 5.41) is 0.716. The number of nitrogens with one attached hydrogen (secondary N) is 1. The Labute approximate surface area is 170 Å². The van der Waals surface area contributed by atoms with Crippen molar-refractivity contribution in [3.8, 4) is 10.4 Å². The van der Waals surface area contributed by atoms with Crippen molar-refractivity contribution in [3.63, 3.8) is 0 Å². The zero-order valence-electron chi connectivity index (χ0n) is 15.1. The van der Waals surface area contributed by atoms with Gasteiger partial charge in [0, 0.05) is 16.4 Å². The molecule has 0 bridgehead atoms. The Morgan fingerprint density at radius 2 is 1.89 bits per heavy atom. The van der Waals surface area contributed by atoms with Crippen LogP contribution in [0.1, 0.15) is 11.4 Å². The topological polar surface area (TPSA) is 49.0 Å². The Morgan fingerprint density at radius 1 is 1.14 bits per heavy atom. The summed E-state index contributed by atoms with van der Waals surface area (Å²) in [6, 6.07) is 15.8. The molecule has 0 unspecified atom stereocenters. The molecule has 0 fully saturated rings. The molecule has 7 heteroatoms. The van der Waals surface area contributed by atoms with Gasteiger partial charge in [0.25, 0.3) is 5.56 Å². The Balaban J connectivity index is 1.59. The molecule has 0 aliphatic heterocycles. The van der Waals surface area contributed by atoms with Crippen LogP contribution in [0.2, 0.25) is 5.02 Å². The van der Waals surface area contributed by atoms with Gasteiger partial charge in [-0.1, -0.05) is 41.9 Å². The fourth-order valence-electron chi connectivity index (χ4n) is 3.05. The van der Waals surface area contributed by atoms with Crippen molar-refractivity contribution in [2.24, 2.45) is 0 Å². The van der Waals surface area contributed by atoms with Gasteiger partial charge in [-0.15, -0.1) is 11.3 Å². The van der Waals surface area contributed by atoms with Crippen LogP contribution in [-0.4, -0.2) is 21.9 Å². The summed E-state index contributed by atoms with van der Waals surface area (Å²) in [6.07, 6.45) is 0. The maximum absolute atomic E-state index is 13.1. The van der Waals surface area contributed by atoms with Crippen molar-refractivity contribution in [2.75, 3.05) is 7.05 Å². The summed E-state index contributed by atoms with van der Waals surface area (Å²) in [5.41, 5.74) is 2.36. The van der Waals surface area contributed by atoms with Gasteiger partial charge in [-0.25, -0.2) is 9.37 Å². The summed E-state index contributed by atoms with van der Waals surface area (Å²) >= 11 is 7.58. The summed E-state index contributed by atoms with van der Waals surface area (Å²) in [5.74, 6) is 0.306. The van der Waals surface area contributed by atoms with Crippen LogP contribution in [0, 0.1) is 5.82 Å². The zero-order chi connectivity index (χ0) is 19.7. The molecule has 0 spiro atoms. The first-order valence-electron chi connectivity index (χ1n) is 8.70. The fourth-order valence-corrected chi connectivity index (χ4v) is 4.24. The SMILES string of the molecule is CN(Cc1nc2cc(-c3ccc(F)cc3)sc2c(=O)[nH]1)Cc1ccccc1Cl. The van der Waals surface area contributed by atoms with Crippen LogP contribution in [0.5, 0.6) is 0 Å². The molecule has 0 amide bonds. The van der Waals surface area contributed by atoms with Crippen molar-refractivity contribution < 1.29 is 4.39 Å². The number of hydrogen-bond donors (Lipinski definition) is 1. The van der Waals surface area contributed by atoms with E-state index in [2.05, 4.69) is 9.97 Å². The van der Waals surface area contributed by atoms with Crippen LogP contribution in [-0.2, 0) is 13.1 Å². The quantitative estimate of drug-likeness (QED) is 0.496. The number of halogens is 2. The first-order valence-corrected chi connectivity index (χ1v) is 9.89. The average molecular weight is 414 g/mol. The lowest BCUT2D eigenvalue weighted by atomic mass is 10.2. The average Bonchev–Trinajstić information content (AvgIpc) is 3.09. The molecule has 0 saturated carbocycles. The number of aromatic amines is 1. The van der Waals surface area contributed by atoms with E-state index in [4.69, 9.17) is 11.6 Å². The molecule has 1 N–H and O–H groups in total. The Morgan fingerprint density at radius 3 is 2.64 bits per heavy atom. The monoisotopic (exact) mass is 413 g/mol. The minimum absolute atomic E-state index is 0.162. The number of thiophene rings is 1. The molecule has 4 nitrogen and oxygen atoms in total. The van der Waals surface area contributed by atoms with E-state index in [0.29, 0.717) is 34.2 Å². The number of hydrogen-bond acceptors (Lipinski definition) is 4. The second-order valence-electron chi connectivity index (χ2n) is 6.61. The number of fused-ring (bicyclic) bond motifs is 1. The predicted octanol–water partition coefficient (Wildman–Crippen LogP) is 5.08. The molecule has 2 aromatic heterocycles. The third-order valence-corrected chi connectivity index (χ3v) is 5.92. The minimum atomic E-state index is -0.287. The summed E-state index contributed by atoms with van der Waals surface area (Å²) in [6.45, 7) is 1.13. The van der Waals surface area contributed by atoms with Gasteiger partial charge in [0.05, 0.1) is 12.1 Å². The molecular formula is C21H17ClFN3OS. The van der Waals surface area contributed by atoms with E-state index in [1.807, 2.05) is 42.3 Å². The van der Waals surface area contributed by atoms with Gasteiger partial charge < -0.3 is 4.98 Å². The second kappa shape index (κ2) is 7.83. The van der Waals surface area contributed by atoms with E-state index in [-0.39, 0.29) is 11.4 Å². The van der Waals surface area contributed by atoms with Gasteiger partial charge in [0.1, 0.15) is 16.3 Å². The number of rotatable bonds is 5. The molecule has 4 rings (SSSR count).